The van der Waals surface area contributed by atoms with Gasteiger partial charge in [-0.05, 0) is 30.7 Å². The number of nitrogens with one attached hydrogen (secondary N) is 1. The lowest BCUT2D eigenvalue weighted by atomic mass is 10.1. The summed E-state index contributed by atoms with van der Waals surface area (Å²) in [5, 5.41) is 6.79. The van der Waals surface area contributed by atoms with Gasteiger partial charge in [0.15, 0.2) is 5.82 Å². The molecule has 0 aliphatic heterocycles. The van der Waals surface area contributed by atoms with Crippen LogP contribution in [0, 0.1) is 0 Å². The van der Waals surface area contributed by atoms with Crippen molar-refractivity contribution in [2.24, 2.45) is 0 Å². The Morgan fingerprint density at radius 1 is 1.29 bits per heavy atom. The van der Waals surface area contributed by atoms with E-state index in [0.29, 0.717) is 12.4 Å². The average Bonchev–Trinajstić information content (AvgIpc) is 2.88. The fourth-order valence-corrected chi connectivity index (χ4v) is 1.91. The van der Waals surface area contributed by atoms with Crippen LogP contribution < -0.4 is 5.32 Å². The van der Waals surface area contributed by atoms with Crippen LogP contribution in [-0.2, 0) is 12.7 Å². The Morgan fingerprint density at radius 3 is 2.52 bits per heavy atom. The number of pyridine rings is 1. The molecule has 0 aliphatic rings. The van der Waals surface area contributed by atoms with Crippen molar-refractivity contribution in [3.05, 3.63) is 41.3 Å². The van der Waals surface area contributed by atoms with Gasteiger partial charge < -0.3 is 5.32 Å². The molecule has 0 radical (unpaired) electrons. The molecule has 0 saturated heterocycles. The van der Waals surface area contributed by atoms with Crippen molar-refractivity contribution in [3.8, 4) is 5.82 Å². The van der Waals surface area contributed by atoms with E-state index in [0.717, 1.165) is 28.3 Å². The van der Waals surface area contributed by atoms with Crippen molar-refractivity contribution in [1.29, 1.82) is 0 Å². The van der Waals surface area contributed by atoms with Crippen LogP contribution in [0.1, 0.15) is 36.6 Å². The first-order chi connectivity index (χ1) is 9.81. The minimum Gasteiger partial charge on any atom is -0.316 e. The van der Waals surface area contributed by atoms with Gasteiger partial charge in [0.1, 0.15) is 0 Å². The maximum absolute atomic E-state index is 12.6. The number of hydrogen-bond acceptors (Lipinski definition) is 3. The molecule has 2 aromatic heterocycles. The number of alkyl halides is 3. The summed E-state index contributed by atoms with van der Waals surface area (Å²) in [6.45, 7) is 4.58. The number of rotatable bonds is 4. The summed E-state index contributed by atoms with van der Waals surface area (Å²) in [6, 6.07) is 3.67. The molecule has 0 aromatic carbocycles. The molecule has 0 saturated carbocycles. The van der Waals surface area contributed by atoms with E-state index < -0.39 is 11.7 Å². The molecule has 0 atom stereocenters. The third-order valence-electron chi connectivity index (χ3n) is 3.01. The molecule has 4 nitrogen and oxygen atoms in total. The van der Waals surface area contributed by atoms with Crippen molar-refractivity contribution in [2.45, 2.75) is 32.5 Å². The third-order valence-corrected chi connectivity index (χ3v) is 3.01. The summed E-state index contributed by atoms with van der Waals surface area (Å²) in [7, 11) is 1.81. The molecule has 0 amide bonds. The van der Waals surface area contributed by atoms with Crippen LogP contribution in [0.2, 0.25) is 0 Å². The van der Waals surface area contributed by atoms with Crippen molar-refractivity contribution in [1.82, 2.24) is 20.1 Å². The van der Waals surface area contributed by atoms with Gasteiger partial charge in [-0.3, -0.25) is 0 Å². The van der Waals surface area contributed by atoms with Gasteiger partial charge in [-0.1, -0.05) is 13.8 Å². The summed E-state index contributed by atoms with van der Waals surface area (Å²) in [6.07, 6.45) is -2.64. The van der Waals surface area contributed by atoms with E-state index in [4.69, 9.17) is 0 Å². The van der Waals surface area contributed by atoms with Gasteiger partial charge in [-0.25, -0.2) is 9.67 Å². The number of hydrogen-bond donors (Lipinski definition) is 1. The van der Waals surface area contributed by atoms with Crippen molar-refractivity contribution >= 4 is 0 Å². The Balaban J connectivity index is 2.44. The Hall–Kier alpha value is -1.89. The largest absolute Gasteiger partial charge is 0.419 e. The van der Waals surface area contributed by atoms with Gasteiger partial charge in [-0.15, -0.1) is 0 Å². The first-order valence-electron chi connectivity index (χ1n) is 6.59. The fourth-order valence-electron chi connectivity index (χ4n) is 1.91. The summed E-state index contributed by atoms with van der Waals surface area (Å²) >= 11 is 0. The van der Waals surface area contributed by atoms with Crippen LogP contribution in [0.15, 0.2) is 24.5 Å². The Bertz CT molecular complexity index is 617. The summed E-state index contributed by atoms with van der Waals surface area (Å²) in [4.78, 5) is 4.39. The standard InChI is InChI=1S/C14H17F3N4/c1-9(2)12-4-10(6-18-3)5-13(20-12)21-8-11(7-19-21)14(15,16)17/h4-5,7-9,18H,6H2,1-3H3. The Labute approximate surface area is 121 Å². The highest BCUT2D eigenvalue weighted by Crippen LogP contribution is 2.29. The van der Waals surface area contributed by atoms with E-state index in [1.807, 2.05) is 27.0 Å². The lowest BCUT2D eigenvalue weighted by Gasteiger charge is -2.11. The predicted octanol–water partition coefficient (Wildman–Crippen LogP) is 3.13. The van der Waals surface area contributed by atoms with Crippen molar-refractivity contribution in [2.75, 3.05) is 7.05 Å². The van der Waals surface area contributed by atoms with Gasteiger partial charge >= 0.3 is 6.18 Å². The number of aromatic nitrogens is 3. The van der Waals surface area contributed by atoms with Gasteiger partial charge in [-0.2, -0.15) is 18.3 Å². The zero-order valence-electron chi connectivity index (χ0n) is 12.1. The normalized spacial score (nSPS) is 12.1. The molecule has 0 spiro atoms. The fraction of sp³-hybridized carbons (Fsp3) is 0.429. The van der Waals surface area contributed by atoms with Crippen molar-refractivity contribution in [3.63, 3.8) is 0 Å². The maximum Gasteiger partial charge on any atom is 0.419 e. The zero-order valence-corrected chi connectivity index (χ0v) is 12.1. The monoisotopic (exact) mass is 298 g/mol. The maximum atomic E-state index is 12.6. The molecule has 0 bridgehead atoms. The molecule has 0 aliphatic carbocycles. The second kappa shape index (κ2) is 5.85. The first kappa shape index (κ1) is 15.5. The molecule has 2 heterocycles. The number of halogens is 3. The molecular weight excluding hydrogens is 281 g/mol. The van der Waals surface area contributed by atoms with Gasteiger partial charge in [0, 0.05) is 18.4 Å². The van der Waals surface area contributed by atoms with Crippen LogP contribution in [0.4, 0.5) is 13.2 Å². The quantitative estimate of drug-likeness (QED) is 0.943. The zero-order chi connectivity index (χ0) is 15.6. The van der Waals surface area contributed by atoms with Gasteiger partial charge in [0.2, 0.25) is 0 Å². The molecule has 2 aromatic rings. The Kier molecular flexibility index (Phi) is 4.32. The molecular formula is C14H17F3N4. The highest BCUT2D eigenvalue weighted by Gasteiger charge is 2.32. The van der Waals surface area contributed by atoms with Gasteiger partial charge in [0.05, 0.1) is 11.8 Å². The van der Waals surface area contributed by atoms with Crippen molar-refractivity contribution < 1.29 is 13.2 Å². The minimum atomic E-state index is -4.40. The summed E-state index contributed by atoms with van der Waals surface area (Å²) in [5.74, 6) is 0.570. The van der Waals surface area contributed by atoms with Crippen LogP contribution in [0.5, 0.6) is 0 Å². The van der Waals surface area contributed by atoms with E-state index in [2.05, 4.69) is 15.4 Å². The van der Waals surface area contributed by atoms with Crippen LogP contribution in [0.25, 0.3) is 5.82 Å². The van der Waals surface area contributed by atoms with Crippen LogP contribution in [0.3, 0.4) is 0 Å². The molecule has 1 N–H and O–H groups in total. The second-order valence-corrected chi connectivity index (χ2v) is 5.11. The molecule has 0 unspecified atom stereocenters. The Morgan fingerprint density at radius 2 is 2.00 bits per heavy atom. The smallest absolute Gasteiger partial charge is 0.316 e. The lowest BCUT2D eigenvalue weighted by molar-refractivity contribution is -0.137. The molecule has 0 fully saturated rings. The first-order valence-corrected chi connectivity index (χ1v) is 6.59. The molecule has 21 heavy (non-hydrogen) atoms. The average molecular weight is 298 g/mol. The van der Waals surface area contributed by atoms with E-state index >= 15 is 0 Å². The minimum absolute atomic E-state index is 0.179. The summed E-state index contributed by atoms with van der Waals surface area (Å²) in [5.41, 5.74) is 0.992. The van der Waals surface area contributed by atoms with Crippen LogP contribution >= 0.6 is 0 Å². The van der Waals surface area contributed by atoms with Crippen LogP contribution in [-0.4, -0.2) is 21.8 Å². The topological polar surface area (TPSA) is 42.7 Å². The van der Waals surface area contributed by atoms with E-state index in [9.17, 15) is 13.2 Å². The van der Waals surface area contributed by atoms with Gasteiger partial charge in [0.25, 0.3) is 0 Å². The highest BCUT2D eigenvalue weighted by molar-refractivity contribution is 5.32. The second-order valence-electron chi connectivity index (χ2n) is 5.11. The summed E-state index contributed by atoms with van der Waals surface area (Å²) < 4.78 is 39.1. The predicted molar refractivity (Wildman–Crippen MR) is 73.2 cm³/mol. The number of nitrogens with zero attached hydrogens (tertiary/aromatic N) is 3. The SMILES string of the molecule is CNCc1cc(C(C)C)nc(-n2cc(C(F)(F)F)cn2)c1. The molecule has 7 heteroatoms. The van der Waals surface area contributed by atoms with E-state index in [1.54, 1.807) is 6.07 Å². The highest BCUT2D eigenvalue weighted by atomic mass is 19.4. The lowest BCUT2D eigenvalue weighted by Crippen LogP contribution is -2.09. The molecule has 2 rings (SSSR count). The molecule has 114 valence electrons. The van der Waals surface area contributed by atoms with E-state index in [-0.39, 0.29) is 5.92 Å². The third kappa shape index (κ3) is 3.60. The van der Waals surface area contributed by atoms with E-state index in [1.165, 1.54) is 0 Å².